The van der Waals surface area contributed by atoms with Gasteiger partial charge in [0.05, 0.1) is 18.4 Å². The van der Waals surface area contributed by atoms with Crippen LogP contribution in [0.5, 0.6) is 0 Å². The number of hydrogen-bond donors (Lipinski definition) is 1. The average Bonchev–Trinajstić information content (AvgIpc) is 2.40. The van der Waals surface area contributed by atoms with Crippen molar-refractivity contribution in [3.8, 4) is 0 Å². The maximum absolute atomic E-state index is 11.9. The first-order chi connectivity index (χ1) is 8.99. The van der Waals surface area contributed by atoms with E-state index in [-0.39, 0.29) is 5.91 Å². The van der Waals surface area contributed by atoms with E-state index in [2.05, 4.69) is 5.32 Å². The molecule has 0 radical (unpaired) electrons. The number of ether oxygens (including phenoxy) is 1. The van der Waals surface area contributed by atoms with E-state index in [0.29, 0.717) is 16.8 Å². The zero-order valence-electron chi connectivity index (χ0n) is 11.7. The Morgan fingerprint density at radius 1 is 1.37 bits per heavy atom. The largest absolute Gasteiger partial charge is 0.465 e. The molecule has 0 aliphatic heterocycles. The molecule has 0 fully saturated rings. The Balaban J connectivity index is 3.04. The van der Waals surface area contributed by atoms with Gasteiger partial charge in [-0.2, -0.15) is 0 Å². The Kier molecular flexibility index (Phi) is 5.30. The van der Waals surface area contributed by atoms with Crippen LogP contribution in [0.2, 0.25) is 0 Å². The van der Waals surface area contributed by atoms with E-state index in [1.165, 1.54) is 7.11 Å². The summed E-state index contributed by atoms with van der Waals surface area (Å²) in [7, 11) is 1.32. The van der Waals surface area contributed by atoms with Crippen LogP contribution in [0.4, 0.5) is 5.69 Å². The molecule has 19 heavy (non-hydrogen) atoms. The highest BCUT2D eigenvalue weighted by molar-refractivity contribution is 6.07. The number of allylic oxidation sites excluding steroid dienone is 1. The third kappa shape index (κ3) is 3.95. The van der Waals surface area contributed by atoms with Gasteiger partial charge in [0.1, 0.15) is 0 Å². The zero-order chi connectivity index (χ0) is 14.4. The highest BCUT2D eigenvalue weighted by atomic mass is 16.5. The van der Waals surface area contributed by atoms with Crippen molar-refractivity contribution in [2.75, 3.05) is 12.4 Å². The Labute approximate surface area is 113 Å². The Bertz CT molecular complexity index is 518. The summed E-state index contributed by atoms with van der Waals surface area (Å²) in [5.41, 5.74) is 2.38. The van der Waals surface area contributed by atoms with Crippen LogP contribution in [0.15, 0.2) is 29.8 Å². The fourth-order valence-corrected chi connectivity index (χ4v) is 1.67. The number of aryl methyl sites for hydroxylation is 1. The quantitative estimate of drug-likeness (QED) is 0.669. The van der Waals surface area contributed by atoms with Crippen LogP contribution in [0.25, 0.3) is 0 Å². The molecule has 102 valence electrons. The lowest BCUT2D eigenvalue weighted by Gasteiger charge is -2.10. The van der Waals surface area contributed by atoms with Crippen LogP contribution < -0.4 is 5.32 Å². The predicted octanol–water partition coefficient (Wildman–Crippen LogP) is 3.08. The smallest absolute Gasteiger partial charge is 0.339 e. The molecule has 0 aliphatic carbocycles. The molecule has 0 aliphatic rings. The lowest BCUT2D eigenvalue weighted by Crippen LogP contribution is -2.16. The van der Waals surface area contributed by atoms with Crippen molar-refractivity contribution in [1.29, 1.82) is 0 Å². The van der Waals surface area contributed by atoms with E-state index in [4.69, 9.17) is 4.74 Å². The summed E-state index contributed by atoms with van der Waals surface area (Å²) in [5.74, 6) is -0.674. The van der Waals surface area contributed by atoms with Gasteiger partial charge in [0.2, 0.25) is 0 Å². The van der Waals surface area contributed by atoms with Crippen LogP contribution in [0.3, 0.4) is 0 Å². The number of methoxy groups -OCH3 is 1. The lowest BCUT2D eigenvalue weighted by atomic mass is 10.1. The van der Waals surface area contributed by atoms with E-state index in [1.54, 1.807) is 19.1 Å². The number of anilines is 1. The number of rotatable bonds is 4. The van der Waals surface area contributed by atoms with E-state index in [1.807, 2.05) is 26.0 Å². The topological polar surface area (TPSA) is 55.4 Å². The summed E-state index contributed by atoms with van der Waals surface area (Å²) < 4.78 is 4.72. The molecule has 0 atom stereocenters. The van der Waals surface area contributed by atoms with Crippen LogP contribution in [0.1, 0.15) is 36.2 Å². The molecule has 0 heterocycles. The minimum atomic E-state index is -0.462. The summed E-state index contributed by atoms with van der Waals surface area (Å²) >= 11 is 0. The molecule has 4 heteroatoms. The molecule has 0 bridgehead atoms. The molecule has 0 unspecified atom stereocenters. The molecule has 0 aromatic heterocycles. The summed E-state index contributed by atoms with van der Waals surface area (Å²) in [6.45, 7) is 5.58. The second-order valence-electron chi connectivity index (χ2n) is 4.29. The Morgan fingerprint density at radius 2 is 2.05 bits per heavy atom. The first kappa shape index (κ1) is 15.0. The third-order valence-corrected chi connectivity index (χ3v) is 2.70. The highest BCUT2D eigenvalue weighted by Crippen LogP contribution is 2.19. The predicted molar refractivity (Wildman–Crippen MR) is 75.2 cm³/mol. The van der Waals surface area contributed by atoms with E-state index < -0.39 is 5.97 Å². The lowest BCUT2D eigenvalue weighted by molar-refractivity contribution is -0.112. The second kappa shape index (κ2) is 6.73. The van der Waals surface area contributed by atoms with E-state index >= 15 is 0 Å². The number of amides is 1. The zero-order valence-corrected chi connectivity index (χ0v) is 11.7. The molecule has 1 aromatic carbocycles. The summed E-state index contributed by atoms with van der Waals surface area (Å²) in [6, 6.07) is 5.24. The van der Waals surface area contributed by atoms with Crippen LogP contribution in [-0.2, 0) is 9.53 Å². The number of carbonyl (C=O) groups is 2. The number of hydrogen-bond acceptors (Lipinski definition) is 3. The Morgan fingerprint density at radius 3 is 2.63 bits per heavy atom. The van der Waals surface area contributed by atoms with Gasteiger partial charge in [-0.05, 0) is 32.4 Å². The van der Waals surface area contributed by atoms with Gasteiger partial charge in [-0.3, -0.25) is 4.79 Å². The van der Waals surface area contributed by atoms with Crippen molar-refractivity contribution >= 4 is 17.6 Å². The van der Waals surface area contributed by atoms with Gasteiger partial charge >= 0.3 is 5.97 Å². The van der Waals surface area contributed by atoms with Gasteiger partial charge in [-0.15, -0.1) is 0 Å². The first-order valence-corrected chi connectivity index (χ1v) is 6.16. The van der Waals surface area contributed by atoms with Crippen molar-refractivity contribution in [2.24, 2.45) is 0 Å². The number of esters is 1. The monoisotopic (exact) mass is 261 g/mol. The molecule has 4 nitrogen and oxygen atoms in total. The average molecular weight is 261 g/mol. The van der Waals surface area contributed by atoms with Gasteiger partial charge in [-0.1, -0.05) is 24.6 Å². The van der Waals surface area contributed by atoms with Gasteiger partial charge in [0.25, 0.3) is 5.91 Å². The fraction of sp³-hybridized carbons (Fsp3) is 0.333. The molecular weight excluding hydrogens is 242 g/mol. The fourth-order valence-electron chi connectivity index (χ4n) is 1.67. The first-order valence-electron chi connectivity index (χ1n) is 6.16. The SMILES string of the molecule is CC/C=C(\C)C(=O)Nc1ccc(C)cc1C(=O)OC. The second-order valence-corrected chi connectivity index (χ2v) is 4.29. The minimum absolute atomic E-state index is 0.212. The number of carbonyl (C=O) groups excluding carboxylic acids is 2. The summed E-state index contributed by atoms with van der Waals surface area (Å²) in [4.78, 5) is 23.6. The molecule has 1 aromatic rings. The van der Waals surface area contributed by atoms with Crippen molar-refractivity contribution in [3.05, 3.63) is 41.0 Å². The third-order valence-electron chi connectivity index (χ3n) is 2.70. The highest BCUT2D eigenvalue weighted by Gasteiger charge is 2.14. The van der Waals surface area contributed by atoms with Gasteiger partial charge in [0.15, 0.2) is 0 Å². The number of nitrogens with one attached hydrogen (secondary N) is 1. The van der Waals surface area contributed by atoms with E-state index in [0.717, 1.165) is 12.0 Å². The number of benzene rings is 1. The van der Waals surface area contributed by atoms with Crippen LogP contribution >= 0.6 is 0 Å². The van der Waals surface area contributed by atoms with Crippen molar-refractivity contribution in [1.82, 2.24) is 0 Å². The van der Waals surface area contributed by atoms with Crippen LogP contribution in [-0.4, -0.2) is 19.0 Å². The van der Waals surface area contributed by atoms with Crippen molar-refractivity contribution < 1.29 is 14.3 Å². The summed E-state index contributed by atoms with van der Waals surface area (Å²) in [5, 5.41) is 2.73. The summed E-state index contributed by atoms with van der Waals surface area (Å²) in [6.07, 6.45) is 2.62. The molecule has 0 saturated carbocycles. The molecule has 1 rings (SSSR count). The van der Waals surface area contributed by atoms with Gasteiger partial charge in [0, 0.05) is 5.57 Å². The van der Waals surface area contributed by atoms with Crippen LogP contribution in [0, 0.1) is 6.92 Å². The van der Waals surface area contributed by atoms with E-state index in [9.17, 15) is 9.59 Å². The molecular formula is C15H19NO3. The normalized spacial score (nSPS) is 11.1. The maximum Gasteiger partial charge on any atom is 0.339 e. The Hall–Kier alpha value is -2.10. The molecule has 1 N–H and O–H groups in total. The molecule has 1 amide bonds. The van der Waals surface area contributed by atoms with Gasteiger partial charge < -0.3 is 10.1 Å². The van der Waals surface area contributed by atoms with Gasteiger partial charge in [-0.25, -0.2) is 4.79 Å². The maximum atomic E-state index is 11.9. The molecule has 0 spiro atoms. The standard InChI is InChI=1S/C15H19NO3/c1-5-6-11(3)14(17)16-13-8-7-10(2)9-12(13)15(18)19-4/h6-9H,5H2,1-4H3,(H,16,17)/b11-6+. The minimum Gasteiger partial charge on any atom is -0.465 e. The molecule has 0 saturated heterocycles. The van der Waals surface area contributed by atoms with Crippen molar-refractivity contribution in [2.45, 2.75) is 27.2 Å². The van der Waals surface area contributed by atoms with Crippen molar-refractivity contribution in [3.63, 3.8) is 0 Å².